The number of hydrogen-bond acceptors (Lipinski definition) is 4. The summed E-state index contributed by atoms with van der Waals surface area (Å²) in [5.41, 5.74) is -0.000187. The second-order valence-electron chi connectivity index (χ2n) is 4.81. The molecule has 0 bridgehead atoms. The van der Waals surface area contributed by atoms with E-state index in [9.17, 15) is 8.42 Å². The van der Waals surface area contributed by atoms with E-state index in [2.05, 4.69) is 27.6 Å². The van der Waals surface area contributed by atoms with Crippen molar-refractivity contribution in [3.05, 3.63) is 15.9 Å². The van der Waals surface area contributed by atoms with Crippen LogP contribution in [0.25, 0.3) is 0 Å². The molecule has 1 saturated heterocycles. The molecule has 102 valence electrons. The molecule has 0 atom stereocenters. The second kappa shape index (κ2) is 5.58. The van der Waals surface area contributed by atoms with E-state index < -0.39 is 10.0 Å². The van der Waals surface area contributed by atoms with Crippen LogP contribution in [0.2, 0.25) is 0 Å². The van der Waals surface area contributed by atoms with Gasteiger partial charge < -0.3 is 4.74 Å². The Labute approximate surface area is 120 Å². The van der Waals surface area contributed by atoms with Crippen LogP contribution in [0.5, 0.6) is 0 Å². The van der Waals surface area contributed by atoms with Gasteiger partial charge >= 0.3 is 0 Å². The fourth-order valence-electron chi connectivity index (χ4n) is 1.82. The van der Waals surface area contributed by atoms with Crippen molar-refractivity contribution in [3.63, 3.8) is 0 Å². The number of thiophene rings is 1. The first kappa shape index (κ1) is 14.5. The fraction of sp³-hybridized carbons (Fsp3) is 0.636. The zero-order valence-electron chi connectivity index (χ0n) is 10.1. The summed E-state index contributed by atoms with van der Waals surface area (Å²) in [6.07, 6.45) is 1.79. The van der Waals surface area contributed by atoms with Gasteiger partial charge in [0.15, 0.2) is 0 Å². The van der Waals surface area contributed by atoms with Gasteiger partial charge in [0.1, 0.15) is 4.21 Å². The van der Waals surface area contributed by atoms with Gasteiger partial charge in [0, 0.05) is 19.8 Å². The van der Waals surface area contributed by atoms with Crippen molar-refractivity contribution in [1.82, 2.24) is 4.72 Å². The third-order valence-electron chi connectivity index (χ3n) is 3.20. The minimum Gasteiger partial charge on any atom is -0.381 e. The highest BCUT2D eigenvalue weighted by Gasteiger charge is 2.29. The van der Waals surface area contributed by atoms with E-state index in [1.54, 1.807) is 12.1 Å². The summed E-state index contributed by atoms with van der Waals surface area (Å²) in [6.45, 7) is 3.99. The molecule has 18 heavy (non-hydrogen) atoms. The highest BCUT2D eigenvalue weighted by Crippen LogP contribution is 2.30. The summed E-state index contributed by atoms with van der Waals surface area (Å²) in [4.78, 5) is 0. The maximum Gasteiger partial charge on any atom is 0.250 e. The lowest BCUT2D eigenvalue weighted by Gasteiger charge is -2.33. The van der Waals surface area contributed by atoms with Crippen LogP contribution >= 0.6 is 27.3 Å². The molecular weight excluding hydrogens is 338 g/mol. The highest BCUT2D eigenvalue weighted by atomic mass is 79.9. The maximum absolute atomic E-state index is 12.1. The van der Waals surface area contributed by atoms with Crippen molar-refractivity contribution < 1.29 is 13.2 Å². The topological polar surface area (TPSA) is 55.4 Å². The first-order valence-corrected chi connectivity index (χ1v) is 8.83. The first-order valence-electron chi connectivity index (χ1n) is 5.74. The van der Waals surface area contributed by atoms with Crippen LogP contribution in [-0.4, -0.2) is 28.2 Å². The molecule has 0 amide bonds. The minimum absolute atomic E-state index is 0.000187. The minimum atomic E-state index is -3.38. The van der Waals surface area contributed by atoms with Crippen molar-refractivity contribution in [1.29, 1.82) is 0 Å². The molecule has 1 fully saturated rings. The van der Waals surface area contributed by atoms with Gasteiger partial charge in [-0.25, -0.2) is 13.1 Å². The van der Waals surface area contributed by atoms with Crippen LogP contribution < -0.4 is 4.72 Å². The van der Waals surface area contributed by atoms with Crippen molar-refractivity contribution in [3.8, 4) is 0 Å². The summed E-state index contributed by atoms with van der Waals surface area (Å²) < 4.78 is 33.3. The summed E-state index contributed by atoms with van der Waals surface area (Å²) in [7, 11) is -3.38. The average molecular weight is 354 g/mol. The number of halogens is 1. The van der Waals surface area contributed by atoms with Crippen LogP contribution in [-0.2, 0) is 14.8 Å². The predicted octanol–water partition coefficient (Wildman–Crippen LogP) is 2.61. The Balaban J connectivity index is 2.01. The lowest BCUT2D eigenvalue weighted by atomic mass is 9.83. The molecule has 2 heterocycles. The molecule has 0 unspecified atom stereocenters. The van der Waals surface area contributed by atoms with Gasteiger partial charge in [-0.15, -0.1) is 11.3 Å². The van der Waals surface area contributed by atoms with Crippen LogP contribution in [0.4, 0.5) is 0 Å². The van der Waals surface area contributed by atoms with Crippen molar-refractivity contribution in [2.24, 2.45) is 5.41 Å². The van der Waals surface area contributed by atoms with E-state index in [-0.39, 0.29) is 5.41 Å². The van der Waals surface area contributed by atoms with E-state index in [4.69, 9.17) is 4.74 Å². The average Bonchev–Trinajstić information content (AvgIpc) is 2.76. The Bertz CT molecular complexity index is 506. The first-order chi connectivity index (χ1) is 8.41. The highest BCUT2D eigenvalue weighted by molar-refractivity contribution is 9.11. The summed E-state index contributed by atoms with van der Waals surface area (Å²) in [5.74, 6) is 0. The third-order valence-corrected chi connectivity index (χ3v) is 6.72. The van der Waals surface area contributed by atoms with Crippen LogP contribution in [0.15, 0.2) is 20.1 Å². The lowest BCUT2D eigenvalue weighted by molar-refractivity contribution is 0.0265. The number of hydrogen-bond donors (Lipinski definition) is 1. The molecule has 7 heteroatoms. The Morgan fingerprint density at radius 2 is 2.11 bits per heavy atom. The molecule has 0 saturated carbocycles. The standard InChI is InChI=1S/C11H16BrNO3S2/c1-11(4-6-16-7-5-11)8-13-18(14,15)10-3-2-9(12)17-10/h2-3,13H,4-8H2,1H3. The molecule has 1 aromatic rings. The second-order valence-corrected chi connectivity index (χ2v) is 9.26. The lowest BCUT2D eigenvalue weighted by Crippen LogP contribution is -2.39. The Morgan fingerprint density at radius 3 is 2.67 bits per heavy atom. The van der Waals surface area contributed by atoms with Gasteiger partial charge in [-0.1, -0.05) is 6.92 Å². The molecule has 0 spiro atoms. The van der Waals surface area contributed by atoms with Gasteiger partial charge in [0.05, 0.1) is 3.79 Å². The molecule has 0 aromatic carbocycles. The number of nitrogens with one attached hydrogen (secondary N) is 1. The number of sulfonamides is 1. The molecule has 2 rings (SSSR count). The predicted molar refractivity (Wildman–Crippen MR) is 75.4 cm³/mol. The van der Waals surface area contributed by atoms with E-state index >= 15 is 0 Å². The van der Waals surface area contributed by atoms with E-state index in [0.717, 1.165) is 16.6 Å². The quantitative estimate of drug-likeness (QED) is 0.904. The molecule has 1 aliphatic heterocycles. The normalized spacial score (nSPS) is 19.9. The summed E-state index contributed by atoms with van der Waals surface area (Å²) in [6, 6.07) is 3.36. The van der Waals surface area contributed by atoms with Gasteiger partial charge in [-0.2, -0.15) is 0 Å². The molecule has 4 nitrogen and oxygen atoms in total. The van der Waals surface area contributed by atoms with Crippen molar-refractivity contribution >= 4 is 37.3 Å². The van der Waals surface area contributed by atoms with Crippen molar-refractivity contribution in [2.75, 3.05) is 19.8 Å². The van der Waals surface area contributed by atoms with Gasteiger partial charge in [0.2, 0.25) is 10.0 Å². The molecule has 1 aromatic heterocycles. The van der Waals surface area contributed by atoms with Crippen LogP contribution in [0.1, 0.15) is 19.8 Å². The zero-order valence-corrected chi connectivity index (χ0v) is 13.3. The van der Waals surface area contributed by atoms with Crippen LogP contribution in [0, 0.1) is 5.41 Å². The molecule has 1 N–H and O–H groups in total. The maximum atomic E-state index is 12.1. The van der Waals surface area contributed by atoms with Crippen LogP contribution in [0.3, 0.4) is 0 Å². The van der Waals surface area contributed by atoms with E-state index in [0.29, 0.717) is 24.0 Å². The summed E-state index contributed by atoms with van der Waals surface area (Å²) in [5, 5.41) is 0. The Kier molecular flexibility index (Phi) is 4.48. The molecular formula is C11H16BrNO3S2. The smallest absolute Gasteiger partial charge is 0.250 e. The fourth-order valence-corrected chi connectivity index (χ4v) is 5.08. The van der Waals surface area contributed by atoms with Gasteiger partial charge in [-0.05, 0) is 46.3 Å². The zero-order chi connectivity index (χ0) is 13.2. The molecule has 0 radical (unpaired) electrons. The number of ether oxygens (including phenoxy) is 1. The number of rotatable bonds is 4. The van der Waals surface area contributed by atoms with Gasteiger partial charge in [-0.3, -0.25) is 0 Å². The third kappa shape index (κ3) is 3.54. The van der Waals surface area contributed by atoms with E-state index in [1.165, 1.54) is 11.3 Å². The SMILES string of the molecule is CC1(CNS(=O)(=O)c2ccc(Br)s2)CCOCC1. The molecule has 0 aliphatic carbocycles. The largest absolute Gasteiger partial charge is 0.381 e. The summed E-state index contributed by atoms with van der Waals surface area (Å²) >= 11 is 4.49. The van der Waals surface area contributed by atoms with Crippen molar-refractivity contribution in [2.45, 2.75) is 24.0 Å². The Morgan fingerprint density at radius 1 is 1.44 bits per heavy atom. The van der Waals surface area contributed by atoms with E-state index in [1.807, 2.05) is 0 Å². The monoisotopic (exact) mass is 353 g/mol. The Hall–Kier alpha value is 0.0500. The van der Waals surface area contributed by atoms with Gasteiger partial charge in [0.25, 0.3) is 0 Å². The molecule has 1 aliphatic rings.